The minimum Gasteiger partial charge on any atom is -0.310 e. The molecule has 0 atom stereocenters. The Labute approximate surface area is 350 Å². The predicted molar refractivity (Wildman–Crippen MR) is 257 cm³/mol. The van der Waals surface area contributed by atoms with Crippen molar-refractivity contribution in [3.8, 4) is 22.3 Å². The van der Waals surface area contributed by atoms with Crippen LogP contribution in [-0.2, 0) is 0 Å². The molecular formula is C58H40N2. The average molecular weight is 765 g/mol. The molecule has 0 heterocycles. The van der Waals surface area contributed by atoms with Crippen molar-refractivity contribution in [2.75, 3.05) is 9.80 Å². The molecule has 0 fully saturated rings. The molecule has 0 saturated heterocycles. The summed E-state index contributed by atoms with van der Waals surface area (Å²) in [6.07, 6.45) is 0. The van der Waals surface area contributed by atoms with Crippen LogP contribution in [0.3, 0.4) is 0 Å². The third kappa shape index (κ3) is 6.51. The number of nitrogens with zero attached hydrogens (tertiary/aromatic N) is 2. The number of hydrogen-bond acceptors (Lipinski definition) is 2. The van der Waals surface area contributed by atoms with Crippen molar-refractivity contribution in [1.29, 1.82) is 0 Å². The maximum Gasteiger partial charge on any atom is 0.0540 e. The summed E-state index contributed by atoms with van der Waals surface area (Å²) in [5, 5.41) is 9.83. The summed E-state index contributed by atoms with van der Waals surface area (Å²) in [6, 6.07) is 87.8. The van der Waals surface area contributed by atoms with Gasteiger partial charge >= 0.3 is 0 Å². The Kier molecular flexibility index (Phi) is 8.87. The standard InChI is InChI=1S/C58H40N2/c1-3-17-51(18-4-1)59(57-23-11-15-43-13-7-9-21-55(43)57)53-33-29-41(30-34-53)45-25-27-47-40-50-38-46(26-28-48(50)39-49(47)37-45)42-31-35-54(36-32-42)60(52-19-5-2-6-20-52)58-24-12-16-44-14-8-10-22-56(44)58/h1-40H. The second-order valence-corrected chi connectivity index (χ2v) is 15.4. The topological polar surface area (TPSA) is 6.48 Å². The van der Waals surface area contributed by atoms with Gasteiger partial charge in [-0.05, 0) is 140 Å². The Morgan fingerprint density at radius 3 is 0.983 bits per heavy atom. The van der Waals surface area contributed by atoms with Gasteiger partial charge in [-0.2, -0.15) is 0 Å². The summed E-state index contributed by atoms with van der Waals surface area (Å²) in [7, 11) is 0. The molecule has 11 rings (SSSR count). The van der Waals surface area contributed by atoms with E-state index >= 15 is 0 Å². The van der Waals surface area contributed by atoms with Gasteiger partial charge in [-0.3, -0.25) is 0 Å². The molecule has 11 aromatic carbocycles. The number of para-hydroxylation sites is 2. The fraction of sp³-hybridized carbons (Fsp3) is 0. The Hall–Kier alpha value is -7.94. The van der Waals surface area contributed by atoms with E-state index in [2.05, 4.69) is 252 Å². The van der Waals surface area contributed by atoms with E-state index in [-0.39, 0.29) is 0 Å². The molecule has 0 radical (unpaired) electrons. The van der Waals surface area contributed by atoms with Crippen LogP contribution in [0.15, 0.2) is 243 Å². The van der Waals surface area contributed by atoms with Gasteiger partial charge in [-0.25, -0.2) is 0 Å². The Bertz CT molecular complexity index is 3060. The molecule has 60 heavy (non-hydrogen) atoms. The highest BCUT2D eigenvalue weighted by Gasteiger charge is 2.17. The summed E-state index contributed by atoms with van der Waals surface area (Å²) in [4.78, 5) is 4.71. The summed E-state index contributed by atoms with van der Waals surface area (Å²) in [5.74, 6) is 0. The number of anilines is 6. The van der Waals surface area contributed by atoms with Gasteiger partial charge in [0.2, 0.25) is 0 Å². The van der Waals surface area contributed by atoms with Crippen LogP contribution in [0, 0.1) is 0 Å². The molecule has 0 bridgehead atoms. The highest BCUT2D eigenvalue weighted by molar-refractivity contribution is 6.03. The Morgan fingerprint density at radius 2 is 0.550 bits per heavy atom. The first-order chi connectivity index (χ1) is 29.7. The van der Waals surface area contributed by atoms with Crippen molar-refractivity contribution >= 4 is 77.2 Å². The van der Waals surface area contributed by atoms with E-state index in [4.69, 9.17) is 0 Å². The highest BCUT2D eigenvalue weighted by atomic mass is 15.1. The Morgan fingerprint density at radius 1 is 0.200 bits per heavy atom. The van der Waals surface area contributed by atoms with Crippen LogP contribution in [0.4, 0.5) is 34.1 Å². The lowest BCUT2D eigenvalue weighted by atomic mass is 9.96. The van der Waals surface area contributed by atoms with E-state index in [0.717, 1.165) is 34.1 Å². The van der Waals surface area contributed by atoms with Crippen LogP contribution in [0.2, 0.25) is 0 Å². The summed E-state index contributed by atoms with van der Waals surface area (Å²) >= 11 is 0. The summed E-state index contributed by atoms with van der Waals surface area (Å²) in [6.45, 7) is 0. The third-order valence-electron chi connectivity index (χ3n) is 11.8. The molecule has 0 aromatic heterocycles. The Balaban J connectivity index is 0.891. The van der Waals surface area contributed by atoms with Crippen molar-refractivity contribution in [1.82, 2.24) is 0 Å². The van der Waals surface area contributed by atoms with Crippen molar-refractivity contribution < 1.29 is 0 Å². The van der Waals surface area contributed by atoms with Crippen molar-refractivity contribution in [2.24, 2.45) is 0 Å². The zero-order valence-electron chi connectivity index (χ0n) is 33.0. The lowest BCUT2D eigenvalue weighted by Crippen LogP contribution is -2.10. The molecular weight excluding hydrogens is 725 g/mol. The average Bonchev–Trinajstić information content (AvgIpc) is 3.32. The van der Waals surface area contributed by atoms with Gasteiger partial charge in [-0.15, -0.1) is 0 Å². The number of hydrogen-bond donors (Lipinski definition) is 0. The van der Waals surface area contributed by atoms with E-state index in [9.17, 15) is 0 Å². The van der Waals surface area contributed by atoms with Crippen LogP contribution in [-0.4, -0.2) is 0 Å². The molecule has 0 amide bonds. The zero-order valence-corrected chi connectivity index (χ0v) is 33.0. The third-order valence-corrected chi connectivity index (χ3v) is 11.8. The summed E-state index contributed by atoms with van der Waals surface area (Å²) < 4.78 is 0. The van der Waals surface area contributed by atoms with Crippen LogP contribution >= 0.6 is 0 Å². The van der Waals surface area contributed by atoms with Gasteiger partial charge in [0.05, 0.1) is 11.4 Å². The lowest BCUT2D eigenvalue weighted by Gasteiger charge is -2.27. The SMILES string of the molecule is c1ccc(N(c2ccc(-c3ccc4cc5cc(-c6ccc(N(c7ccccc7)c7cccc8ccccc78)cc6)ccc5cc4c3)cc2)c2cccc3ccccc23)cc1. The van der Waals surface area contributed by atoms with Gasteiger partial charge in [0.1, 0.15) is 0 Å². The predicted octanol–water partition coefficient (Wildman–Crippen LogP) is 16.6. The fourth-order valence-corrected chi connectivity index (χ4v) is 8.78. The first kappa shape index (κ1) is 35.2. The summed E-state index contributed by atoms with van der Waals surface area (Å²) in [5.41, 5.74) is 11.6. The molecule has 11 aromatic rings. The van der Waals surface area contributed by atoms with Gasteiger partial charge < -0.3 is 9.80 Å². The maximum atomic E-state index is 2.35. The number of benzene rings is 11. The highest BCUT2D eigenvalue weighted by Crippen LogP contribution is 2.41. The second kappa shape index (κ2) is 15.1. The van der Waals surface area contributed by atoms with Crippen molar-refractivity contribution in [3.05, 3.63) is 243 Å². The van der Waals surface area contributed by atoms with E-state index in [1.165, 1.54) is 65.3 Å². The molecule has 0 aliphatic carbocycles. The van der Waals surface area contributed by atoms with E-state index in [0.29, 0.717) is 0 Å². The molecule has 0 N–H and O–H groups in total. The molecule has 0 saturated carbocycles. The van der Waals surface area contributed by atoms with E-state index in [1.807, 2.05) is 0 Å². The van der Waals surface area contributed by atoms with E-state index in [1.54, 1.807) is 0 Å². The van der Waals surface area contributed by atoms with Gasteiger partial charge in [0.15, 0.2) is 0 Å². The fourth-order valence-electron chi connectivity index (χ4n) is 8.78. The molecule has 0 aliphatic heterocycles. The van der Waals surface area contributed by atoms with Crippen LogP contribution in [0.25, 0.3) is 65.3 Å². The maximum absolute atomic E-state index is 2.35. The second-order valence-electron chi connectivity index (χ2n) is 15.4. The van der Waals surface area contributed by atoms with Crippen molar-refractivity contribution in [2.45, 2.75) is 0 Å². The van der Waals surface area contributed by atoms with Gasteiger partial charge in [0, 0.05) is 33.5 Å². The molecule has 2 heteroatoms. The van der Waals surface area contributed by atoms with Crippen LogP contribution in [0.5, 0.6) is 0 Å². The molecule has 0 spiro atoms. The van der Waals surface area contributed by atoms with Crippen LogP contribution in [0.1, 0.15) is 0 Å². The van der Waals surface area contributed by atoms with Crippen LogP contribution < -0.4 is 9.80 Å². The monoisotopic (exact) mass is 764 g/mol. The first-order valence-corrected chi connectivity index (χ1v) is 20.6. The normalized spacial score (nSPS) is 11.3. The number of fused-ring (bicyclic) bond motifs is 4. The minimum atomic E-state index is 1.12. The van der Waals surface area contributed by atoms with Gasteiger partial charge in [0.25, 0.3) is 0 Å². The zero-order chi connectivity index (χ0) is 39.8. The molecule has 2 nitrogen and oxygen atoms in total. The quantitative estimate of drug-likeness (QED) is 0.142. The lowest BCUT2D eigenvalue weighted by molar-refractivity contribution is 1.30. The largest absolute Gasteiger partial charge is 0.310 e. The van der Waals surface area contributed by atoms with E-state index < -0.39 is 0 Å². The first-order valence-electron chi connectivity index (χ1n) is 20.6. The molecule has 0 unspecified atom stereocenters. The van der Waals surface area contributed by atoms with Crippen molar-refractivity contribution in [3.63, 3.8) is 0 Å². The number of rotatable bonds is 8. The minimum absolute atomic E-state index is 1.12. The molecule has 0 aliphatic rings. The van der Waals surface area contributed by atoms with Gasteiger partial charge in [-0.1, -0.05) is 158 Å². The molecule has 282 valence electrons. The smallest absolute Gasteiger partial charge is 0.0540 e.